The number of benzene rings is 1. The van der Waals surface area contributed by atoms with Crippen molar-refractivity contribution in [2.45, 2.75) is 0 Å². The van der Waals surface area contributed by atoms with Crippen molar-refractivity contribution in [3.8, 4) is 0 Å². The van der Waals surface area contributed by atoms with Crippen LogP contribution in [0.25, 0.3) is 10.9 Å². The summed E-state index contributed by atoms with van der Waals surface area (Å²) in [5.41, 5.74) is -0.708. The van der Waals surface area contributed by atoms with Crippen LogP contribution in [-0.4, -0.2) is 4.98 Å². The van der Waals surface area contributed by atoms with Gasteiger partial charge in [-0.2, -0.15) is 0 Å². The molecule has 0 atom stereocenters. The summed E-state index contributed by atoms with van der Waals surface area (Å²) in [5.74, 6) is -2.17. The van der Waals surface area contributed by atoms with Gasteiger partial charge >= 0.3 is 0 Å². The Bertz CT molecular complexity index is 564. The zero-order chi connectivity index (χ0) is 10.3. The van der Waals surface area contributed by atoms with Crippen molar-refractivity contribution in [3.05, 3.63) is 45.2 Å². The standard InChI is InChI=1S/C9H4ClF2NO/c10-5-3-6(11)8(12)9-4(5)1-2-7(14)13-9/h1-3H,(H,13,14). The molecule has 0 spiro atoms. The Labute approximate surface area is 82.1 Å². The largest absolute Gasteiger partial charge is 0.319 e. The van der Waals surface area contributed by atoms with Crippen LogP contribution in [0.4, 0.5) is 8.78 Å². The summed E-state index contributed by atoms with van der Waals surface area (Å²) in [6.45, 7) is 0. The van der Waals surface area contributed by atoms with Gasteiger partial charge in [-0.1, -0.05) is 11.6 Å². The molecule has 0 aliphatic carbocycles. The van der Waals surface area contributed by atoms with Crippen molar-refractivity contribution in [1.29, 1.82) is 0 Å². The van der Waals surface area contributed by atoms with Gasteiger partial charge in [0, 0.05) is 11.5 Å². The second kappa shape index (κ2) is 3.06. The molecule has 2 nitrogen and oxygen atoms in total. The van der Waals surface area contributed by atoms with Gasteiger partial charge in [0.25, 0.3) is 0 Å². The first-order chi connectivity index (χ1) is 6.59. The van der Waals surface area contributed by atoms with E-state index >= 15 is 0 Å². The molecule has 5 heteroatoms. The normalized spacial score (nSPS) is 10.8. The van der Waals surface area contributed by atoms with Gasteiger partial charge in [-0.05, 0) is 12.1 Å². The van der Waals surface area contributed by atoms with E-state index in [-0.39, 0.29) is 15.9 Å². The maximum absolute atomic E-state index is 13.2. The van der Waals surface area contributed by atoms with Crippen LogP contribution in [0, 0.1) is 11.6 Å². The van der Waals surface area contributed by atoms with Crippen molar-refractivity contribution in [3.63, 3.8) is 0 Å². The van der Waals surface area contributed by atoms with Crippen molar-refractivity contribution in [1.82, 2.24) is 4.98 Å². The first-order valence-corrected chi connectivity index (χ1v) is 4.14. The van der Waals surface area contributed by atoms with Crippen molar-refractivity contribution in [2.75, 3.05) is 0 Å². The summed E-state index contributed by atoms with van der Waals surface area (Å²) < 4.78 is 26.0. The number of H-pyrrole nitrogens is 1. The van der Waals surface area contributed by atoms with Crippen LogP contribution in [0.3, 0.4) is 0 Å². The Morgan fingerprint density at radius 2 is 2.00 bits per heavy atom. The lowest BCUT2D eigenvalue weighted by Gasteiger charge is -2.01. The van der Waals surface area contributed by atoms with Crippen LogP contribution in [0.2, 0.25) is 5.02 Å². The SMILES string of the molecule is O=c1ccc2c(Cl)cc(F)c(F)c2[nH]1. The van der Waals surface area contributed by atoms with E-state index in [1.807, 2.05) is 0 Å². The number of rotatable bonds is 0. The average Bonchev–Trinajstić information content (AvgIpc) is 2.14. The van der Waals surface area contributed by atoms with E-state index in [4.69, 9.17) is 11.6 Å². The maximum Gasteiger partial charge on any atom is 0.248 e. The molecule has 2 aromatic rings. The fraction of sp³-hybridized carbons (Fsp3) is 0. The molecule has 14 heavy (non-hydrogen) atoms. The minimum absolute atomic E-state index is 0.0650. The van der Waals surface area contributed by atoms with Crippen molar-refractivity contribution in [2.24, 2.45) is 0 Å². The van der Waals surface area contributed by atoms with Gasteiger partial charge in [0.2, 0.25) is 5.56 Å². The van der Waals surface area contributed by atoms with E-state index in [0.717, 1.165) is 6.07 Å². The van der Waals surface area contributed by atoms with Gasteiger partial charge < -0.3 is 4.98 Å². The summed E-state index contributed by atoms with van der Waals surface area (Å²) >= 11 is 5.66. The lowest BCUT2D eigenvalue weighted by Crippen LogP contribution is -2.04. The number of hydrogen-bond acceptors (Lipinski definition) is 1. The zero-order valence-electron chi connectivity index (χ0n) is 6.77. The first-order valence-electron chi connectivity index (χ1n) is 3.76. The van der Waals surface area contributed by atoms with Crippen molar-refractivity contribution >= 4 is 22.5 Å². The highest BCUT2D eigenvalue weighted by Gasteiger charge is 2.11. The summed E-state index contributed by atoms with van der Waals surface area (Å²) in [6, 6.07) is 3.42. The number of aromatic amines is 1. The van der Waals surface area contributed by atoms with Gasteiger partial charge in [-0.15, -0.1) is 0 Å². The number of aromatic nitrogens is 1. The molecular formula is C9H4ClF2NO. The third-order valence-electron chi connectivity index (χ3n) is 1.86. The number of halogens is 3. The molecule has 0 aliphatic rings. The molecule has 0 fully saturated rings. The Kier molecular flexibility index (Phi) is 2.00. The van der Waals surface area contributed by atoms with Crippen LogP contribution in [0.15, 0.2) is 23.0 Å². The van der Waals surface area contributed by atoms with Gasteiger partial charge in [-0.25, -0.2) is 8.78 Å². The quantitative estimate of drug-likeness (QED) is 0.673. The zero-order valence-corrected chi connectivity index (χ0v) is 7.53. The second-order valence-corrected chi connectivity index (χ2v) is 3.17. The van der Waals surface area contributed by atoms with Crippen LogP contribution in [-0.2, 0) is 0 Å². The monoisotopic (exact) mass is 215 g/mol. The molecule has 0 aliphatic heterocycles. The molecule has 72 valence electrons. The highest BCUT2D eigenvalue weighted by Crippen LogP contribution is 2.25. The van der Waals surface area contributed by atoms with E-state index in [2.05, 4.69) is 4.98 Å². The van der Waals surface area contributed by atoms with E-state index in [0.29, 0.717) is 0 Å². The Balaban J connectivity index is 3.02. The topological polar surface area (TPSA) is 32.9 Å². The summed E-state index contributed by atoms with van der Waals surface area (Å²) in [5, 5.41) is 0.348. The molecule has 0 radical (unpaired) electrons. The molecule has 1 aromatic carbocycles. The third-order valence-corrected chi connectivity index (χ3v) is 2.17. The Morgan fingerprint density at radius 1 is 1.29 bits per heavy atom. The van der Waals surface area contributed by atoms with Gasteiger partial charge in [-0.3, -0.25) is 4.79 Å². The molecule has 0 saturated carbocycles. The van der Waals surface area contributed by atoms with E-state index < -0.39 is 17.2 Å². The fourth-order valence-corrected chi connectivity index (χ4v) is 1.47. The number of pyridine rings is 1. The summed E-state index contributed by atoms with van der Waals surface area (Å²) in [4.78, 5) is 13.1. The lowest BCUT2D eigenvalue weighted by atomic mass is 10.2. The minimum atomic E-state index is -1.10. The molecule has 1 aromatic heterocycles. The number of fused-ring (bicyclic) bond motifs is 1. The van der Waals surface area contributed by atoms with Crippen molar-refractivity contribution < 1.29 is 8.78 Å². The van der Waals surface area contributed by atoms with Crippen LogP contribution < -0.4 is 5.56 Å². The molecular weight excluding hydrogens is 212 g/mol. The first kappa shape index (κ1) is 9.15. The maximum atomic E-state index is 13.2. The third kappa shape index (κ3) is 1.28. The lowest BCUT2D eigenvalue weighted by molar-refractivity contribution is 0.515. The predicted octanol–water partition coefficient (Wildman–Crippen LogP) is 2.46. The molecule has 0 unspecified atom stereocenters. The summed E-state index contributed by atoms with van der Waals surface area (Å²) in [6.07, 6.45) is 0. The van der Waals surface area contributed by atoms with Gasteiger partial charge in [0.1, 0.15) is 0 Å². The minimum Gasteiger partial charge on any atom is -0.319 e. The number of nitrogens with one attached hydrogen (secondary N) is 1. The summed E-state index contributed by atoms with van der Waals surface area (Å²) in [7, 11) is 0. The number of hydrogen-bond donors (Lipinski definition) is 1. The Morgan fingerprint density at radius 3 is 2.71 bits per heavy atom. The van der Waals surface area contributed by atoms with E-state index in [1.54, 1.807) is 0 Å². The van der Waals surface area contributed by atoms with Gasteiger partial charge in [0.15, 0.2) is 11.6 Å². The highest BCUT2D eigenvalue weighted by molar-refractivity contribution is 6.35. The molecule has 1 N–H and O–H groups in total. The fourth-order valence-electron chi connectivity index (χ4n) is 1.22. The van der Waals surface area contributed by atoms with E-state index in [9.17, 15) is 13.6 Å². The molecule has 0 saturated heterocycles. The smallest absolute Gasteiger partial charge is 0.248 e. The van der Waals surface area contributed by atoms with Gasteiger partial charge in [0.05, 0.1) is 10.5 Å². The van der Waals surface area contributed by atoms with Crippen LogP contribution in [0.1, 0.15) is 0 Å². The predicted molar refractivity (Wildman–Crippen MR) is 49.5 cm³/mol. The van der Waals surface area contributed by atoms with E-state index in [1.165, 1.54) is 12.1 Å². The highest BCUT2D eigenvalue weighted by atomic mass is 35.5. The molecule has 2 rings (SSSR count). The Hall–Kier alpha value is -1.42. The average molecular weight is 216 g/mol. The molecule has 0 bridgehead atoms. The second-order valence-electron chi connectivity index (χ2n) is 2.77. The molecule has 1 heterocycles. The molecule has 0 amide bonds. The van der Waals surface area contributed by atoms with Crippen LogP contribution >= 0.6 is 11.6 Å². The van der Waals surface area contributed by atoms with Crippen LogP contribution in [0.5, 0.6) is 0 Å².